The van der Waals surface area contributed by atoms with Crippen molar-refractivity contribution in [3.8, 4) is 5.75 Å². The van der Waals surface area contributed by atoms with E-state index >= 15 is 0 Å². The highest BCUT2D eigenvalue weighted by molar-refractivity contribution is 7.86. The molecule has 17 heavy (non-hydrogen) atoms. The highest BCUT2D eigenvalue weighted by Crippen LogP contribution is 2.19. The van der Waals surface area contributed by atoms with Crippen molar-refractivity contribution in [1.82, 2.24) is 0 Å². The maximum atomic E-state index is 11.4. The van der Waals surface area contributed by atoms with Crippen LogP contribution in [0.5, 0.6) is 5.75 Å². The lowest BCUT2D eigenvalue weighted by Crippen LogP contribution is -2.15. The number of phenolic OH excluding ortho intramolecular Hbond substituents is 1. The van der Waals surface area contributed by atoms with Crippen LogP contribution in [0.3, 0.4) is 0 Å². The molecule has 92 valence electrons. The van der Waals surface area contributed by atoms with Gasteiger partial charge in [0.25, 0.3) is 0 Å². The van der Waals surface area contributed by atoms with Crippen molar-refractivity contribution in [2.75, 3.05) is 6.26 Å². The van der Waals surface area contributed by atoms with Gasteiger partial charge in [-0.25, -0.2) is 4.79 Å². The summed E-state index contributed by atoms with van der Waals surface area (Å²) in [6.45, 7) is 0. The number of hydrogen-bond acceptors (Lipinski definition) is 6. The number of benzene rings is 1. The lowest BCUT2D eigenvalue weighted by Gasteiger charge is -2.05. The van der Waals surface area contributed by atoms with E-state index in [1.165, 1.54) is 6.07 Å². The van der Waals surface area contributed by atoms with Gasteiger partial charge in [0.05, 0.1) is 6.26 Å². The number of amidine groups is 1. The van der Waals surface area contributed by atoms with Gasteiger partial charge in [-0.05, 0) is 18.2 Å². The number of nitrogens with one attached hydrogen (secondary N) is 1. The predicted octanol–water partition coefficient (Wildman–Crippen LogP) is -0.207. The molecule has 0 aliphatic carbocycles. The van der Waals surface area contributed by atoms with Crippen LogP contribution >= 0.6 is 0 Å². The highest BCUT2D eigenvalue weighted by Gasteiger charge is 2.18. The second kappa shape index (κ2) is 4.42. The van der Waals surface area contributed by atoms with Crippen LogP contribution in [0.4, 0.5) is 0 Å². The number of aromatic hydroxyl groups is 1. The van der Waals surface area contributed by atoms with Crippen molar-refractivity contribution in [2.45, 2.75) is 0 Å². The van der Waals surface area contributed by atoms with Crippen LogP contribution in [-0.4, -0.2) is 31.6 Å². The average molecular weight is 258 g/mol. The van der Waals surface area contributed by atoms with Crippen LogP contribution in [0, 0.1) is 5.41 Å². The smallest absolute Gasteiger partial charge is 0.357 e. The Balaban J connectivity index is 3.17. The van der Waals surface area contributed by atoms with Crippen LogP contribution < -0.4 is 5.73 Å². The van der Waals surface area contributed by atoms with Crippen LogP contribution in [0.15, 0.2) is 18.2 Å². The van der Waals surface area contributed by atoms with E-state index in [0.29, 0.717) is 6.26 Å². The molecule has 0 unspecified atom stereocenters. The second-order valence-corrected chi connectivity index (χ2v) is 4.80. The van der Waals surface area contributed by atoms with Gasteiger partial charge in [-0.1, -0.05) is 0 Å². The Kier molecular flexibility index (Phi) is 3.37. The molecule has 4 N–H and O–H groups in total. The molecule has 0 fully saturated rings. The molecule has 0 aliphatic heterocycles. The van der Waals surface area contributed by atoms with Crippen molar-refractivity contribution in [3.05, 3.63) is 29.3 Å². The minimum absolute atomic E-state index is 0.170. The van der Waals surface area contributed by atoms with Gasteiger partial charge >= 0.3 is 16.1 Å². The van der Waals surface area contributed by atoms with E-state index in [0.717, 1.165) is 12.1 Å². The van der Waals surface area contributed by atoms with Gasteiger partial charge < -0.3 is 15.0 Å². The van der Waals surface area contributed by atoms with Crippen LogP contribution in [0.1, 0.15) is 15.9 Å². The summed E-state index contributed by atoms with van der Waals surface area (Å²) in [6.07, 6.45) is 0.705. The zero-order valence-electron chi connectivity index (χ0n) is 8.80. The molecule has 0 aliphatic rings. The monoisotopic (exact) mass is 258 g/mol. The van der Waals surface area contributed by atoms with Crippen LogP contribution in [0.25, 0.3) is 0 Å². The molecule has 0 saturated carbocycles. The van der Waals surface area contributed by atoms with E-state index in [1.54, 1.807) is 0 Å². The Hall–Kier alpha value is -2.09. The Bertz CT molecular complexity index is 579. The molecular weight excluding hydrogens is 248 g/mol. The third-order valence-electron chi connectivity index (χ3n) is 1.75. The fraction of sp³-hybridized carbons (Fsp3) is 0.111. The van der Waals surface area contributed by atoms with Gasteiger partial charge in [0.2, 0.25) is 0 Å². The summed E-state index contributed by atoms with van der Waals surface area (Å²) < 4.78 is 25.6. The van der Waals surface area contributed by atoms with E-state index in [9.17, 15) is 18.3 Å². The van der Waals surface area contributed by atoms with Crippen molar-refractivity contribution >= 4 is 21.9 Å². The quantitative estimate of drug-likeness (QED) is 0.390. The molecular formula is C9H10N2O5S. The van der Waals surface area contributed by atoms with Gasteiger partial charge in [-0.15, -0.1) is 0 Å². The predicted molar refractivity (Wildman–Crippen MR) is 59.4 cm³/mol. The second-order valence-electron chi connectivity index (χ2n) is 3.22. The first-order valence-electron chi connectivity index (χ1n) is 4.32. The standard InChI is InChI=1S/C9H10N2O5S/c1-17(14,15)16-9(13)6-4-5(8(10)11)2-3-7(6)12/h2-4,12H,1H3,(H3,10,11). The number of phenols is 1. The van der Waals surface area contributed by atoms with E-state index < -0.39 is 21.8 Å². The molecule has 1 aromatic carbocycles. The number of nitrogens with two attached hydrogens (primary N) is 1. The molecule has 1 rings (SSSR count). The normalized spacial score (nSPS) is 10.9. The Morgan fingerprint density at radius 3 is 2.53 bits per heavy atom. The average Bonchev–Trinajstić information content (AvgIpc) is 2.14. The van der Waals surface area contributed by atoms with Crippen molar-refractivity contribution in [1.29, 1.82) is 5.41 Å². The zero-order chi connectivity index (χ0) is 13.2. The fourth-order valence-electron chi connectivity index (χ4n) is 1.05. The summed E-state index contributed by atoms with van der Waals surface area (Å²) in [7, 11) is -3.97. The first kappa shape index (κ1) is 13.0. The summed E-state index contributed by atoms with van der Waals surface area (Å²) in [4.78, 5) is 11.4. The highest BCUT2D eigenvalue weighted by atomic mass is 32.2. The Morgan fingerprint density at radius 2 is 2.06 bits per heavy atom. The molecule has 0 bridgehead atoms. The molecule has 7 nitrogen and oxygen atoms in total. The lowest BCUT2D eigenvalue weighted by molar-refractivity contribution is 0.0745. The topological polar surface area (TPSA) is 131 Å². The van der Waals surface area contributed by atoms with Crippen molar-refractivity contribution in [3.63, 3.8) is 0 Å². The third kappa shape index (κ3) is 3.45. The lowest BCUT2D eigenvalue weighted by atomic mass is 10.1. The van der Waals surface area contributed by atoms with Gasteiger partial charge in [0.15, 0.2) is 0 Å². The first-order chi connectivity index (χ1) is 7.70. The van der Waals surface area contributed by atoms with Gasteiger partial charge in [0.1, 0.15) is 17.1 Å². The zero-order valence-corrected chi connectivity index (χ0v) is 9.61. The molecule has 0 spiro atoms. The molecule has 8 heteroatoms. The van der Waals surface area contributed by atoms with E-state index in [2.05, 4.69) is 4.18 Å². The number of hydrogen-bond donors (Lipinski definition) is 3. The summed E-state index contributed by atoms with van der Waals surface area (Å²) in [5.41, 5.74) is 4.99. The first-order valence-corrected chi connectivity index (χ1v) is 6.13. The number of rotatable bonds is 3. The summed E-state index contributed by atoms with van der Waals surface area (Å²) >= 11 is 0. The molecule has 1 aromatic rings. The van der Waals surface area contributed by atoms with Gasteiger partial charge in [-0.3, -0.25) is 5.41 Å². The number of nitrogen functional groups attached to an aromatic ring is 1. The number of carbonyl (C=O) groups is 1. The van der Waals surface area contributed by atoms with Crippen molar-refractivity contribution < 1.29 is 22.5 Å². The largest absolute Gasteiger partial charge is 0.507 e. The molecule has 0 amide bonds. The van der Waals surface area contributed by atoms with Crippen molar-refractivity contribution in [2.24, 2.45) is 5.73 Å². The third-order valence-corrected chi connectivity index (χ3v) is 2.21. The maximum Gasteiger partial charge on any atom is 0.357 e. The van der Waals surface area contributed by atoms with E-state index in [1.807, 2.05) is 0 Å². The maximum absolute atomic E-state index is 11.4. The van der Waals surface area contributed by atoms with Gasteiger partial charge in [-0.2, -0.15) is 8.42 Å². The van der Waals surface area contributed by atoms with Crippen LogP contribution in [0.2, 0.25) is 0 Å². The SMILES string of the molecule is CS(=O)(=O)OC(=O)c1cc(C(=N)N)ccc1O. The minimum Gasteiger partial charge on any atom is -0.507 e. The molecule has 0 saturated heterocycles. The van der Waals surface area contributed by atoms with E-state index in [-0.39, 0.29) is 17.0 Å². The van der Waals surface area contributed by atoms with Crippen LogP contribution in [-0.2, 0) is 14.3 Å². The Labute approximate surface area is 97.5 Å². The number of carbonyl (C=O) groups excluding carboxylic acids is 1. The van der Waals surface area contributed by atoms with E-state index in [4.69, 9.17) is 11.1 Å². The summed E-state index contributed by atoms with van der Waals surface area (Å²) in [5.74, 6) is -2.00. The minimum atomic E-state index is -3.97. The molecule has 0 atom stereocenters. The fourth-order valence-corrected chi connectivity index (χ4v) is 1.41. The summed E-state index contributed by atoms with van der Waals surface area (Å²) in [5, 5.41) is 16.5. The molecule has 0 heterocycles. The Morgan fingerprint density at radius 1 is 1.47 bits per heavy atom. The van der Waals surface area contributed by atoms with Gasteiger partial charge in [0, 0.05) is 5.56 Å². The molecule has 0 aromatic heterocycles. The molecule has 0 radical (unpaired) electrons. The summed E-state index contributed by atoms with van der Waals surface area (Å²) in [6, 6.07) is 3.51.